The number of nitrogens with one attached hydrogen (secondary N) is 1. The van der Waals surface area contributed by atoms with Gasteiger partial charge in [0.1, 0.15) is 0 Å². The first-order valence-electron chi connectivity index (χ1n) is 5.55. The van der Waals surface area contributed by atoms with Crippen molar-refractivity contribution < 1.29 is 9.59 Å². The molecule has 1 heterocycles. The van der Waals surface area contributed by atoms with Gasteiger partial charge in [-0.25, -0.2) is 0 Å². The Hall–Kier alpha value is -1.36. The summed E-state index contributed by atoms with van der Waals surface area (Å²) in [6.45, 7) is 4.92. The Morgan fingerprint density at radius 3 is 2.76 bits per heavy atom. The van der Waals surface area contributed by atoms with E-state index in [1.54, 1.807) is 17.8 Å². The van der Waals surface area contributed by atoms with Gasteiger partial charge >= 0.3 is 0 Å². The van der Waals surface area contributed by atoms with Crippen molar-refractivity contribution in [2.24, 2.45) is 0 Å². The van der Waals surface area contributed by atoms with Gasteiger partial charge in [0.15, 0.2) is 0 Å². The summed E-state index contributed by atoms with van der Waals surface area (Å²) < 4.78 is 1.71. The molecule has 1 N–H and O–H groups in total. The highest BCUT2D eigenvalue weighted by molar-refractivity contribution is 6.63. The predicted octanol–water partition coefficient (Wildman–Crippen LogP) is 1.49. The topological polar surface area (TPSA) is 64.0 Å². The van der Waals surface area contributed by atoms with Gasteiger partial charge in [0.2, 0.25) is 5.24 Å². The van der Waals surface area contributed by atoms with Gasteiger partial charge in [-0.05, 0) is 31.9 Å². The van der Waals surface area contributed by atoms with E-state index in [4.69, 9.17) is 11.6 Å². The van der Waals surface area contributed by atoms with Crippen LogP contribution in [0.5, 0.6) is 0 Å². The predicted molar refractivity (Wildman–Crippen MR) is 65.1 cm³/mol. The highest BCUT2D eigenvalue weighted by Gasteiger charge is 2.12. The molecule has 1 rings (SSSR count). The molecule has 0 unspecified atom stereocenters. The second-order valence-electron chi connectivity index (χ2n) is 3.70. The number of amides is 1. The van der Waals surface area contributed by atoms with Crippen LogP contribution in [-0.4, -0.2) is 27.5 Å². The number of rotatable bonds is 6. The number of hydrogen-bond donors (Lipinski definition) is 1. The van der Waals surface area contributed by atoms with E-state index in [2.05, 4.69) is 10.4 Å². The Bertz CT molecular complexity index is 415. The van der Waals surface area contributed by atoms with Gasteiger partial charge in [-0.3, -0.25) is 14.3 Å². The monoisotopic (exact) mass is 257 g/mol. The highest BCUT2D eigenvalue weighted by atomic mass is 35.5. The Labute approximate surface area is 105 Å². The number of halogens is 1. The Balaban J connectivity index is 2.46. The third-order valence-corrected chi connectivity index (χ3v) is 2.54. The summed E-state index contributed by atoms with van der Waals surface area (Å²) in [7, 11) is 0. The molecule has 94 valence electrons. The van der Waals surface area contributed by atoms with Crippen LogP contribution in [0, 0.1) is 6.92 Å². The van der Waals surface area contributed by atoms with Gasteiger partial charge in [-0.2, -0.15) is 5.10 Å². The quantitative estimate of drug-likeness (QED) is 0.620. The lowest BCUT2D eigenvalue weighted by Gasteiger charge is -2.02. The van der Waals surface area contributed by atoms with Crippen LogP contribution in [0.4, 0.5) is 0 Å². The number of hydrogen-bond acceptors (Lipinski definition) is 3. The van der Waals surface area contributed by atoms with Crippen LogP contribution in [0.2, 0.25) is 0 Å². The van der Waals surface area contributed by atoms with Gasteiger partial charge in [0, 0.05) is 25.7 Å². The van der Waals surface area contributed by atoms with Crippen LogP contribution in [0.15, 0.2) is 6.20 Å². The van der Waals surface area contributed by atoms with E-state index in [-0.39, 0.29) is 17.6 Å². The summed E-state index contributed by atoms with van der Waals surface area (Å²) in [6, 6.07) is 0. The molecule has 5 nitrogen and oxygen atoms in total. The minimum atomic E-state index is -0.380. The standard InChI is InChI=1S/C11H16ClN3O2/c1-3-15-7-9(8(2)14-15)11(17)13-6-4-5-10(12)16/h7H,3-6H2,1-2H3,(H,13,17). The van der Waals surface area contributed by atoms with Crippen molar-refractivity contribution in [1.29, 1.82) is 0 Å². The van der Waals surface area contributed by atoms with Crippen LogP contribution in [0.1, 0.15) is 35.8 Å². The molecule has 0 aliphatic heterocycles. The lowest BCUT2D eigenvalue weighted by molar-refractivity contribution is -0.111. The van der Waals surface area contributed by atoms with Crippen LogP contribution < -0.4 is 5.32 Å². The molecule has 0 aliphatic rings. The molecule has 0 bridgehead atoms. The first kappa shape index (κ1) is 13.7. The van der Waals surface area contributed by atoms with Crippen molar-refractivity contribution in [3.63, 3.8) is 0 Å². The van der Waals surface area contributed by atoms with Crippen LogP contribution in [-0.2, 0) is 11.3 Å². The van der Waals surface area contributed by atoms with E-state index in [1.807, 2.05) is 6.92 Å². The second kappa shape index (κ2) is 6.39. The maximum Gasteiger partial charge on any atom is 0.254 e. The van der Waals surface area contributed by atoms with Gasteiger partial charge in [-0.1, -0.05) is 0 Å². The highest BCUT2D eigenvalue weighted by Crippen LogP contribution is 2.05. The molecule has 0 atom stereocenters. The number of aromatic nitrogens is 2. The fraction of sp³-hybridized carbons (Fsp3) is 0.545. The lowest BCUT2D eigenvalue weighted by Crippen LogP contribution is -2.25. The van der Waals surface area contributed by atoms with Crippen molar-refractivity contribution in [3.05, 3.63) is 17.5 Å². The summed E-state index contributed by atoms with van der Waals surface area (Å²) in [5.74, 6) is -0.163. The average molecular weight is 258 g/mol. The largest absolute Gasteiger partial charge is 0.352 e. The molecule has 0 fully saturated rings. The lowest BCUT2D eigenvalue weighted by atomic mass is 10.2. The molecule has 0 saturated carbocycles. The number of nitrogens with zero attached hydrogens (tertiary/aromatic N) is 2. The zero-order chi connectivity index (χ0) is 12.8. The molecule has 6 heteroatoms. The molecule has 0 radical (unpaired) electrons. The first-order chi connectivity index (χ1) is 8.04. The normalized spacial score (nSPS) is 10.3. The summed E-state index contributed by atoms with van der Waals surface area (Å²) in [5.41, 5.74) is 1.28. The maximum absolute atomic E-state index is 11.8. The van der Waals surface area contributed by atoms with Crippen molar-refractivity contribution >= 4 is 22.8 Å². The third kappa shape index (κ3) is 4.19. The van der Waals surface area contributed by atoms with Gasteiger partial charge in [-0.15, -0.1) is 0 Å². The van der Waals surface area contributed by atoms with E-state index in [1.165, 1.54) is 0 Å². The molecule has 1 aromatic rings. The van der Waals surface area contributed by atoms with Crippen LogP contribution in [0.25, 0.3) is 0 Å². The summed E-state index contributed by atoms with van der Waals surface area (Å²) in [6.07, 6.45) is 2.54. The van der Waals surface area contributed by atoms with E-state index >= 15 is 0 Å². The molecule has 0 aromatic carbocycles. The number of aryl methyl sites for hydroxylation is 2. The third-order valence-electron chi connectivity index (χ3n) is 2.35. The summed E-state index contributed by atoms with van der Waals surface area (Å²) >= 11 is 5.19. The maximum atomic E-state index is 11.8. The molecule has 0 saturated heterocycles. The van der Waals surface area contributed by atoms with Gasteiger partial charge in [0.25, 0.3) is 5.91 Å². The molecular weight excluding hydrogens is 242 g/mol. The van der Waals surface area contributed by atoms with Crippen molar-refractivity contribution in [1.82, 2.24) is 15.1 Å². The minimum absolute atomic E-state index is 0.163. The number of carbonyl (C=O) groups is 2. The molecule has 0 aliphatic carbocycles. The summed E-state index contributed by atoms with van der Waals surface area (Å²) in [4.78, 5) is 22.3. The SMILES string of the molecule is CCn1cc(C(=O)NCCCC(=O)Cl)c(C)n1. The fourth-order valence-electron chi connectivity index (χ4n) is 1.43. The Kier molecular flexibility index (Phi) is 5.15. The summed E-state index contributed by atoms with van der Waals surface area (Å²) in [5, 5.41) is 6.54. The molecule has 17 heavy (non-hydrogen) atoms. The smallest absolute Gasteiger partial charge is 0.254 e. The molecule has 1 amide bonds. The minimum Gasteiger partial charge on any atom is -0.352 e. The molecular formula is C11H16ClN3O2. The van der Waals surface area contributed by atoms with Gasteiger partial charge < -0.3 is 5.32 Å². The average Bonchev–Trinajstić information content (AvgIpc) is 2.65. The zero-order valence-electron chi connectivity index (χ0n) is 9.99. The van der Waals surface area contributed by atoms with Crippen LogP contribution in [0.3, 0.4) is 0 Å². The molecule has 0 spiro atoms. The van der Waals surface area contributed by atoms with E-state index in [9.17, 15) is 9.59 Å². The van der Waals surface area contributed by atoms with E-state index in [0.717, 1.165) is 6.54 Å². The van der Waals surface area contributed by atoms with E-state index < -0.39 is 0 Å². The number of carbonyl (C=O) groups excluding carboxylic acids is 2. The fourth-order valence-corrected chi connectivity index (χ4v) is 1.56. The zero-order valence-corrected chi connectivity index (χ0v) is 10.8. The van der Waals surface area contributed by atoms with Crippen molar-refractivity contribution in [2.45, 2.75) is 33.2 Å². The van der Waals surface area contributed by atoms with Crippen molar-refractivity contribution in [2.75, 3.05) is 6.54 Å². The molecule has 1 aromatic heterocycles. The first-order valence-corrected chi connectivity index (χ1v) is 5.93. The van der Waals surface area contributed by atoms with E-state index in [0.29, 0.717) is 24.2 Å². The Morgan fingerprint density at radius 2 is 2.24 bits per heavy atom. The second-order valence-corrected chi connectivity index (χ2v) is 4.12. The van der Waals surface area contributed by atoms with Crippen LogP contribution >= 0.6 is 11.6 Å². The Morgan fingerprint density at radius 1 is 1.53 bits per heavy atom. The van der Waals surface area contributed by atoms with Crippen molar-refractivity contribution in [3.8, 4) is 0 Å². The van der Waals surface area contributed by atoms with Gasteiger partial charge in [0.05, 0.1) is 11.3 Å².